The Morgan fingerprint density at radius 2 is 1.77 bits per heavy atom. The summed E-state index contributed by atoms with van der Waals surface area (Å²) >= 11 is 0. The van der Waals surface area contributed by atoms with Crippen molar-refractivity contribution in [3.05, 3.63) is 11.6 Å². The zero-order valence-electron chi connectivity index (χ0n) is 20.6. The molecular formula is C27H46O3S. The average molecular weight is 451 g/mol. The van der Waals surface area contributed by atoms with Crippen LogP contribution in [0.1, 0.15) is 105 Å². The van der Waals surface area contributed by atoms with Gasteiger partial charge in [0.2, 0.25) is 0 Å². The third kappa shape index (κ3) is 4.18. The smallest absolute Gasteiger partial charge is 0.268 e. The third-order valence-electron chi connectivity index (χ3n) is 10.7. The summed E-state index contributed by atoms with van der Waals surface area (Å²) in [5, 5.41) is -0.584. The maximum atomic E-state index is 11.8. The quantitative estimate of drug-likeness (QED) is 0.341. The Labute approximate surface area is 191 Å². The molecule has 0 spiro atoms. The van der Waals surface area contributed by atoms with E-state index in [-0.39, 0.29) is 5.41 Å². The van der Waals surface area contributed by atoms with E-state index in [1.165, 1.54) is 50.5 Å². The maximum Gasteiger partial charge on any atom is 0.268 e. The van der Waals surface area contributed by atoms with Gasteiger partial charge in [-0.15, -0.1) is 0 Å². The van der Waals surface area contributed by atoms with Crippen molar-refractivity contribution < 1.29 is 13.0 Å². The van der Waals surface area contributed by atoms with Crippen LogP contribution in [0, 0.1) is 46.3 Å². The number of hydrogen-bond donors (Lipinski definition) is 1. The van der Waals surface area contributed by atoms with E-state index in [4.69, 9.17) is 0 Å². The lowest BCUT2D eigenvalue weighted by atomic mass is 9.47. The molecule has 0 aromatic heterocycles. The van der Waals surface area contributed by atoms with Gasteiger partial charge < -0.3 is 0 Å². The number of allylic oxidation sites excluding steroid dienone is 2. The van der Waals surface area contributed by atoms with E-state index < -0.39 is 15.4 Å². The van der Waals surface area contributed by atoms with Gasteiger partial charge in [-0.3, -0.25) is 4.55 Å². The Morgan fingerprint density at radius 1 is 1.03 bits per heavy atom. The molecule has 0 aromatic carbocycles. The molecule has 0 aliphatic heterocycles. The molecule has 31 heavy (non-hydrogen) atoms. The van der Waals surface area contributed by atoms with E-state index in [0.29, 0.717) is 24.2 Å². The molecule has 1 N–H and O–H groups in total. The van der Waals surface area contributed by atoms with Crippen LogP contribution < -0.4 is 0 Å². The van der Waals surface area contributed by atoms with Gasteiger partial charge >= 0.3 is 0 Å². The summed E-state index contributed by atoms with van der Waals surface area (Å²) in [6.45, 7) is 12.3. The van der Waals surface area contributed by atoms with Crippen molar-refractivity contribution in [2.24, 2.45) is 46.3 Å². The summed E-state index contributed by atoms with van der Waals surface area (Å²) in [4.78, 5) is 0. The molecule has 4 aliphatic rings. The highest BCUT2D eigenvalue weighted by molar-refractivity contribution is 7.86. The van der Waals surface area contributed by atoms with Gasteiger partial charge in [0.15, 0.2) is 0 Å². The summed E-state index contributed by atoms with van der Waals surface area (Å²) in [7, 11) is -3.93. The number of rotatable bonds is 6. The second kappa shape index (κ2) is 8.46. The molecule has 178 valence electrons. The van der Waals surface area contributed by atoms with Crippen molar-refractivity contribution in [2.75, 3.05) is 0 Å². The highest BCUT2D eigenvalue weighted by atomic mass is 32.2. The molecule has 4 rings (SSSR count). The molecule has 0 heterocycles. The van der Waals surface area contributed by atoms with Gasteiger partial charge in [-0.25, -0.2) is 0 Å². The fraction of sp³-hybridized carbons (Fsp3) is 0.926. The first kappa shape index (κ1) is 23.8. The Hall–Kier alpha value is -0.350. The first-order valence-corrected chi connectivity index (χ1v) is 14.6. The molecule has 0 radical (unpaired) electrons. The second-order valence-electron chi connectivity index (χ2n) is 12.7. The SMILES string of the molecule is CC(C)CCC[C@@H](C)[C@H]1CC[C@H]2C3CC=C4C[C@@H](S(=O)(=O)O)CC[C@]4(C)[C@H]3CC[C@]12C. The lowest BCUT2D eigenvalue weighted by Crippen LogP contribution is -2.51. The highest BCUT2D eigenvalue weighted by Crippen LogP contribution is 2.67. The van der Waals surface area contributed by atoms with Crippen LogP contribution in [0.4, 0.5) is 0 Å². The van der Waals surface area contributed by atoms with E-state index in [1.54, 1.807) is 0 Å². The van der Waals surface area contributed by atoms with E-state index in [9.17, 15) is 13.0 Å². The van der Waals surface area contributed by atoms with Crippen molar-refractivity contribution in [2.45, 2.75) is 110 Å². The molecule has 3 nitrogen and oxygen atoms in total. The molecule has 4 heteroatoms. The van der Waals surface area contributed by atoms with Crippen molar-refractivity contribution >= 4 is 10.1 Å². The largest absolute Gasteiger partial charge is 0.285 e. The molecule has 0 amide bonds. The van der Waals surface area contributed by atoms with Crippen LogP contribution in [-0.2, 0) is 10.1 Å². The standard InChI is InChI=1S/C27H46O3S/c1-18(2)7-6-8-19(3)23-11-12-24-22-10-9-20-17-21(31(28,29)30)13-15-26(20,4)25(22)14-16-27(23,24)5/h9,18-19,21-25H,6-8,10-17H2,1-5H3,(H,28,29,30)/t19-,21+,22?,23-,24+,25+,26+,27-/m1/s1. The van der Waals surface area contributed by atoms with Gasteiger partial charge in [0.05, 0.1) is 5.25 Å². The average Bonchev–Trinajstić information content (AvgIpc) is 3.03. The predicted octanol–water partition coefficient (Wildman–Crippen LogP) is 7.28. The molecule has 3 fully saturated rings. The van der Waals surface area contributed by atoms with Crippen molar-refractivity contribution in [3.63, 3.8) is 0 Å². The van der Waals surface area contributed by atoms with Crippen molar-refractivity contribution in [1.82, 2.24) is 0 Å². The molecule has 3 saturated carbocycles. The summed E-state index contributed by atoms with van der Waals surface area (Å²) in [5.74, 6) is 4.82. The summed E-state index contributed by atoms with van der Waals surface area (Å²) in [6.07, 6.45) is 15.2. The van der Waals surface area contributed by atoms with Crippen LogP contribution in [0.3, 0.4) is 0 Å². The molecule has 8 atom stereocenters. The molecule has 0 saturated heterocycles. The van der Waals surface area contributed by atoms with Crippen LogP contribution in [-0.4, -0.2) is 18.2 Å². The highest BCUT2D eigenvalue weighted by Gasteiger charge is 2.59. The maximum absolute atomic E-state index is 11.8. The van der Waals surface area contributed by atoms with Gasteiger partial charge in [-0.1, -0.05) is 65.5 Å². The molecule has 4 aliphatic carbocycles. The van der Waals surface area contributed by atoms with Gasteiger partial charge in [0, 0.05) is 0 Å². The Kier molecular flexibility index (Phi) is 6.49. The number of fused-ring (bicyclic) bond motifs is 5. The second-order valence-corrected chi connectivity index (χ2v) is 14.4. The van der Waals surface area contributed by atoms with E-state index >= 15 is 0 Å². The molecule has 0 aromatic rings. The lowest BCUT2D eigenvalue weighted by molar-refractivity contribution is -0.0499. The molecule has 1 unspecified atom stereocenters. The van der Waals surface area contributed by atoms with Gasteiger partial charge in [-0.05, 0) is 97.7 Å². The Balaban J connectivity index is 1.50. The van der Waals surface area contributed by atoms with Gasteiger partial charge in [-0.2, -0.15) is 8.42 Å². The first-order chi connectivity index (χ1) is 14.5. The van der Waals surface area contributed by atoms with Crippen molar-refractivity contribution in [1.29, 1.82) is 0 Å². The Morgan fingerprint density at radius 3 is 2.45 bits per heavy atom. The van der Waals surface area contributed by atoms with Crippen molar-refractivity contribution in [3.8, 4) is 0 Å². The predicted molar refractivity (Wildman–Crippen MR) is 128 cm³/mol. The van der Waals surface area contributed by atoms with E-state index in [0.717, 1.165) is 42.4 Å². The van der Waals surface area contributed by atoms with Crippen LogP contribution >= 0.6 is 0 Å². The Bertz CT molecular complexity index is 799. The topological polar surface area (TPSA) is 54.4 Å². The summed E-state index contributed by atoms with van der Waals surface area (Å²) in [5.41, 5.74) is 1.97. The van der Waals surface area contributed by atoms with Crippen LogP contribution in [0.2, 0.25) is 0 Å². The van der Waals surface area contributed by atoms with Gasteiger partial charge in [0.25, 0.3) is 10.1 Å². The summed E-state index contributed by atoms with van der Waals surface area (Å²) < 4.78 is 33.2. The number of hydrogen-bond acceptors (Lipinski definition) is 2. The molecular weight excluding hydrogens is 404 g/mol. The van der Waals surface area contributed by atoms with Crippen LogP contribution in [0.5, 0.6) is 0 Å². The minimum absolute atomic E-state index is 0.145. The lowest BCUT2D eigenvalue weighted by Gasteiger charge is -2.58. The third-order valence-corrected chi connectivity index (χ3v) is 11.9. The van der Waals surface area contributed by atoms with E-state index in [2.05, 4.69) is 40.7 Å². The zero-order valence-corrected chi connectivity index (χ0v) is 21.4. The first-order valence-electron chi connectivity index (χ1n) is 13.1. The van der Waals surface area contributed by atoms with Crippen LogP contribution in [0.15, 0.2) is 11.6 Å². The van der Waals surface area contributed by atoms with Crippen LogP contribution in [0.25, 0.3) is 0 Å². The summed E-state index contributed by atoms with van der Waals surface area (Å²) in [6, 6.07) is 0. The monoisotopic (exact) mass is 450 g/mol. The fourth-order valence-electron chi connectivity index (χ4n) is 8.91. The minimum Gasteiger partial charge on any atom is -0.285 e. The zero-order chi connectivity index (χ0) is 22.6. The van der Waals surface area contributed by atoms with Gasteiger partial charge in [0.1, 0.15) is 0 Å². The van der Waals surface area contributed by atoms with E-state index in [1.807, 2.05) is 0 Å². The minimum atomic E-state index is -3.93. The normalized spacial score (nSPS) is 43.7. The fourth-order valence-corrected chi connectivity index (χ4v) is 9.71. The molecule has 0 bridgehead atoms.